The zero-order valence-corrected chi connectivity index (χ0v) is 19.9. The van der Waals surface area contributed by atoms with Crippen molar-refractivity contribution in [1.29, 1.82) is 0 Å². The number of halogens is 2. The highest BCUT2D eigenvalue weighted by molar-refractivity contribution is 7.16. The summed E-state index contributed by atoms with van der Waals surface area (Å²) in [4.78, 5) is 29.3. The van der Waals surface area contributed by atoms with E-state index in [4.69, 9.17) is 5.11 Å². The maximum absolute atomic E-state index is 14.5. The molecule has 0 spiro atoms. The first-order chi connectivity index (χ1) is 16.8. The van der Waals surface area contributed by atoms with Gasteiger partial charge in [-0.3, -0.25) is 10.1 Å². The van der Waals surface area contributed by atoms with E-state index >= 15 is 0 Å². The predicted octanol–water partition coefficient (Wildman–Crippen LogP) is 6.27. The molecule has 0 saturated heterocycles. The van der Waals surface area contributed by atoms with Crippen LogP contribution in [0.1, 0.15) is 59.0 Å². The number of thiazole rings is 1. The Balaban J connectivity index is 1.60. The number of hydrogen-bond acceptors (Lipinski definition) is 4. The second kappa shape index (κ2) is 10.2. The standard InChI is InChI=1S/C27H22F2N2O3S/c1-3-4-5-8-16-14-23-24(19-10-7-6-9-18(16)19)30-27(35-23)31-25(32)17-12-21(28)20(22(29)13-17)11-15(2)26(33)34/h6-7,9-13,16H,3-4,14H2,1-2H3,(H,33,34)(H,30,31,32). The van der Waals surface area contributed by atoms with E-state index in [9.17, 15) is 18.4 Å². The molecule has 0 radical (unpaired) electrons. The number of rotatable bonds is 5. The average Bonchev–Trinajstić information content (AvgIpc) is 3.23. The summed E-state index contributed by atoms with van der Waals surface area (Å²) in [6.45, 7) is 3.31. The minimum atomic E-state index is -1.29. The molecule has 0 fully saturated rings. The quantitative estimate of drug-likeness (QED) is 0.325. The Hall–Kier alpha value is -3.83. The summed E-state index contributed by atoms with van der Waals surface area (Å²) in [5, 5.41) is 11.9. The molecule has 8 heteroatoms. The van der Waals surface area contributed by atoms with E-state index in [1.54, 1.807) is 0 Å². The van der Waals surface area contributed by atoms with E-state index in [2.05, 4.69) is 29.1 Å². The van der Waals surface area contributed by atoms with Crippen LogP contribution in [0.25, 0.3) is 17.3 Å². The molecule has 0 aliphatic heterocycles. The van der Waals surface area contributed by atoms with Crippen molar-refractivity contribution in [1.82, 2.24) is 4.98 Å². The van der Waals surface area contributed by atoms with E-state index < -0.39 is 29.1 Å². The van der Waals surface area contributed by atoms with Gasteiger partial charge in [-0.05, 0) is 37.1 Å². The zero-order valence-electron chi connectivity index (χ0n) is 19.1. The van der Waals surface area contributed by atoms with Gasteiger partial charge in [0.2, 0.25) is 0 Å². The van der Waals surface area contributed by atoms with E-state index in [-0.39, 0.29) is 17.1 Å². The number of carboxylic acids is 1. The fourth-order valence-corrected chi connectivity index (χ4v) is 4.83. The van der Waals surface area contributed by atoms with Gasteiger partial charge < -0.3 is 5.11 Å². The van der Waals surface area contributed by atoms with Crippen molar-refractivity contribution in [2.45, 2.75) is 39.0 Å². The van der Waals surface area contributed by atoms with Gasteiger partial charge in [0.15, 0.2) is 5.13 Å². The number of nitrogens with one attached hydrogen (secondary N) is 1. The maximum Gasteiger partial charge on any atom is 0.331 e. The van der Waals surface area contributed by atoms with Crippen LogP contribution in [0.2, 0.25) is 0 Å². The minimum Gasteiger partial charge on any atom is -0.478 e. The van der Waals surface area contributed by atoms with Crippen LogP contribution in [-0.4, -0.2) is 22.0 Å². The summed E-state index contributed by atoms with van der Waals surface area (Å²) >= 11 is 1.31. The summed E-state index contributed by atoms with van der Waals surface area (Å²) in [5.74, 6) is 2.54. The number of unbranched alkanes of at least 4 members (excludes halogenated alkanes) is 1. The van der Waals surface area contributed by atoms with Gasteiger partial charge in [-0.1, -0.05) is 37.1 Å². The van der Waals surface area contributed by atoms with Crippen LogP contribution < -0.4 is 5.32 Å². The number of carboxylic acid groups (broad SMARTS) is 1. The largest absolute Gasteiger partial charge is 0.478 e. The summed E-state index contributed by atoms with van der Waals surface area (Å²) < 4.78 is 28.9. The summed E-state index contributed by atoms with van der Waals surface area (Å²) in [7, 11) is 0. The van der Waals surface area contributed by atoms with Crippen molar-refractivity contribution in [2.75, 3.05) is 5.32 Å². The number of hydrogen-bond donors (Lipinski definition) is 2. The van der Waals surface area contributed by atoms with Gasteiger partial charge in [0.05, 0.1) is 11.6 Å². The third-order valence-corrected chi connectivity index (χ3v) is 6.58. The van der Waals surface area contributed by atoms with Crippen LogP contribution in [0.15, 0.2) is 42.0 Å². The topological polar surface area (TPSA) is 79.3 Å². The van der Waals surface area contributed by atoms with Crippen LogP contribution in [0, 0.1) is 23.5 Å². The van der Waals surface area contributed by atoms with Crippen molar-refractivity contribution in [3.8, 4) is 23.1 Å². The Kier molecular flexibility index (Phi) is 7.08. The molecule has 178 valence electrons. The molecule has 1 unspecified atom stereocenters. The van der Waals surface area contributed by atoms with Crippen molar-refractivity contribution in [3.63, 3.8) is 0 Å². The number of anilines is 1. The van der Waals surface area contributed by atoms with Crippen molar-refractivity contribution in [3.05, 3.63) is 75.2 Å². The number of fused-ring (bicyclic) bond motifs is 3. The summed E-state index contributed by atoms with van der Waals surface area (Å²) in [5.41, 5.74) is 1.85. The SMILES string of the molecule is CCCC#CC1Cc2sc(NC(=O)c3cc(F)c(C=C(C)C(=O)O)c(F)c3)nc2-c2ccccc21. The minimum absolute atomic E-state index is 0.0345. The van der Waals surface area contributed by atoms with Crippen LogP contribution in [0.4, 0.5) is 13.9 Å². The lowest BCUT2D eigenvalue weighted by atomic mass is 9.84. The predicted molar refractivity (Wildman–Crippen MR) is 132 cm³/mol. The number of carbonyl (C=O) groups excluding carboxylic acids is 1. The first-order valence-corrected chi connectivity index (χ1v) is 11.9. The number of aromatic nitrogens is 1. The number of carbonyl (C=O) groups is 2. The molecule has 1 amide bonds. The van der Waals surface area contributed by atoms with Gasteiger partial charge >= 0.3 is 5.97 Å². The second-order valence-electron chi connectivity index (χ2n) is 8.15. The molecule has 1 atom stereocenters. The Morgan fingerprint density at radius 1 is 1.26 bits per heavy atom. The van der Waals surface area contributed by atoms with E-state index in [1.165, 1.54) is 18.3 Å². The fourth-order valence-electron chi connectivity index (χ4n) is 3.82. The number of amides is 1. The molecule has 5 nitrogen and oxygen atoms in total. The van der Waals surface area contributed by atoms with Gasteiger partial charge in [0.1, 0.15) is 11.6 Å². The van der Waals surface area contributed by atoms with E-state index in [0.717, 1.165) is 52.7 Å². The molecule has 1 heterocycles. The van der Waals surface area contributed by atoms with Gasteiger partial charge in [-0.2, -0.15) is 0 Å². The molecule has 35 heavy (non-hydrogen) atoms. The van der Waals surface area contributed by atoms with Crippen LogP contribution in [0.5, 0.6) is 0 Å². The molecule has 2 aromatic carbocycles. The normalized spacial score (nSPS) is 14.4. The van der Waals surface area contributed by atoms with E-state index in [0.29, 0.717) is 11.6 Å². The van der Waals surface area contributed by atoms with Crippen LogP contribution in [0.3, 0.4) is 0 Å². The number of nitrogens with zero attached hydrogens (tertiary/aromatic N) is 1. The van der Waals surface area contributed by atoms with Gasteiger partial charge in [-0.15, -0.1) is 17.3 Å². The Bertz CT molecular complexity index is 1390. The van der Waals surface area contributed by atoms with Crippen molar-refractivity contribution in [2.24, 2.45) is 0 Å². The molecule has 1 aromatic heterocycles. The molecule has 4 rings (SSSR count). The zero-order chi connectivity index (χ0) is 25.1. The van der Waals surface area contributed by atoms with Crippen molar-refractivity contribution < 1.29 is 23.5 Å². The fraction of sp³-hybridized carbons (Fsp3) is 0.222. The lowest BCUT2D eigenvalue weighted by molar-refractivity contribution is -0.132. The van der Waals surface area contributed by atoms with Crippen LogP contribution >= 0.6 is 11.3 Å². The second-order valence-corrected chi connectivity index (χ2v) is 9.23. The summed E-state index contributed by atoms with van der Waals surface area (Å²) in [6.07, 6.45) is 3.37. The Labute approximate surface area is 205 Å². The third kappa shape index (κ3) is 5.15. The number of aliphatic carboxylic acids is 1. The van der Waals surface area contributed by atoms with Gasteiger partial charge in [0, 0.05) is 40.0 Å². The lowest BCUT2D eigenvalue weighted by Crippen LogP contribution is -2.13. The highest BCUT2D eigenvalue weighted by Gasteiger charge is 2.27. The molecule has 0 saturated carbocycles. The molecular weight excluding hydrogens is 470 g/mol. The first-order valence-electron chi connectivity index (χ1n) is 11.1. The monoisotopic (exact) mass is 492 g/mol. The molecular formula is C27H22F2N2O3S. The highest BCUT2D eigenvalue weighted by Crippen LogP contribution is 2.42. The van der Waals surface area contributed by atoms with E-state index in [1.807, 2.05) is 24.3 Å². The lowest BCUT2D eigenvalue weighted by Gasteiger charge is -2.20. The highest BCUT2D eigenvalue weighted by atomic mass is 32.1. The van der Waals surface area contributed by atoms with Crippen molar-refractivity contribution >= 4 is 34.4 Å². The Morgan fingerprint density at radius 2 is 1.97 bits per heavy atom. The smallest absolute Gasteiger partial charge is 0.331 e. The van der Waals surface area contributed by atoms with Gasteiger partial charge in [0.25, 0.3) is 5.91 Å². The molecule has 0 bridgehead atoms. The molecule has 2 N–H and O–H groups in total. The average molecular weight is 493 g/mol. The summed E-state index contributed by atoms with van der Waals surface area (Å²) in [6, 6.07) is 9.66. The Morgan fingerprint density at radius 3 is 2.66 bits per heavy atom. The molecule has 1 aliphatic rings. The maximum atomic E-state index is 14.5. The van der Waals surface area contributed by atoms with Gasteiger partial charge in [-0.25, -0.2) is 18.6 Å². The van der Waals surface area contributed by atoms with Crippen LogP contribution in [-0.2, 0) is 11.2 Å². The third-order valence-electron chi connectivity index (χ3n) is 5.59. The number of benzene rings is 2. The molecule has 3 aromatic rings. The molecule has 1 aliphatic carbocycles. The first kappa shape index (κ1) is 24.3.